The zero-order valence-corrected chi connectivity index (χ0v) is 19.1. The monoisotopic (exact) mass is 515 g/mol. The number of benzene rings is 2. The van der Waals surface area contributed by atoms with Crippen LogP contribution in [0.5, 0.6) is 0 Å². The molecule has 0 aliphatic rings. The Labute approximate surface area is 197 Å². The van der Waals surface area contributed by atoms with Crippen LogP contribution in [-0.2, 0) is 17.0 Å². The summed E-state index contributed by atoms with van der Waals surface area (Å²) in [5.74, 6) is 0.114. The molecule has 0 radical (unpaired) electrons. The van der Waals surface area contributed by atoms with Gasteiger partial charge >= 0.3 is 6.18 Å². The Morgan fingerprint density at radius 3 is 2.42 bits per heavy atom. The van der Waals surface area contributed by atoms with Gasteiger partial charge in [-0.15, -0.1) is 5.46 Å². The van der Waals surface area contributed by atoms with Crippen molar-refractivity contribution in [2.75, 3.05) is 17.7 Å². The molecule has 2 aromatic heterocycles. The molecule has 0 saturated heterocycles. The van der Waals surface area contributed by atoms with E-state index in [0.717, 1.165) is 22.3 Å². The van der Waals surface area contributed by atoms with E-state index in [1.165, 1.54) is 6.26 Å². The van der Waals surface area contributed by atoms with Gasteiger partial charge < -0.3 is 21.4 Å². The molecular formula is C18H15BCl2F3N7OS. The fourth-order valence-electron chi connectivity index (χ4n) is 3.31. The van der Waals surface area contributed by atoms with Crippen molar-refractivity contribution in [3.8, 4) is 22.7 Å². The summed E-state index contributed by atoms with van der Waals surface area (Å²) in [5, 5.41) is 10.8. The molecule has 0 fully saturated rings. The lowest BCUT2D eigenvalue weighted by Gasteiger charge is -2.13. The van der Waals surface area contributed by atoms with Crippen molar-refractivity contribution in [1.82, 2.24) is 19.9 Å². The molecule has 8 nitrogen and oxygen atoms in total. The largest absolute Gasteiger partial charge is 0.462 e. The predicted molar refractivity (Wildman–Crippen MR) is 121 cm³/mol. The summed E-state index contributed by atoms with van der Waals surface area (Å²) in [6, 6.07) is 8.52. The molecular weight excluding hydrogens is 501 g/mol. The number of nitrogen functional groups attached to an aromatic ring is 2. The van der Waals surface area contributed by atoms with Gasteiger partial charge in [-0.05, 0) is 23.3 Å². The molecule has 0 amide bonds. The van der Waals surface area contributed by atoms with Gasteiger partial charge in [0.15, 0.2) is 5.69 Å². The molecule has 4 aromatic rings. The average Bonchev–Trinajstić information content (AvgIpc) is 3.32. The summed E-state index contributed by atoms with van der Waals surface area (Å²) in [6.07, 6.45) is -3.26. The number of hydrogen-bond acceptors (Lipinski definition) is 5. The Morgan fingerprint density at radius 1 is 1.18 bits per heavy atom. The molecule has 6 N–H and O–H groups in total. The first-order valence-corrected chi connectivity index (χ1v) is 11.5. The van der Waals surface area contributed by atoms with Gasteiger partial charge in [-0.25, -0.2) is 4.68 Å². The number of rotatable bonds is 4. The number of nitrogens with one attached hydrogen (secondary N) is 2. The van der Waals surface area contributed by atoms with Crippen LogP contribution in [0.15, 0.2) is 41.3 Å². The molecule has 0 spiro atoms. The smallest absolute Gasteiger partial charge is 0.416 e. The maximum absolute atomic E-state index is 13.1. The maximum Gasteiger partial charge on any atom is 0.416 e. The third-order valence-corrected chi connectivity index (χ3v) is 6.33. The Balaban J connectivity index is 1.87. The van der Waals surface area contributed by atoms with E-state index >= 15 is 0 Å². The Bertz CT molecular complexity index is 1380. The minimum Gasteiger partial charge on any atom is -0.462 e. The standard InChI is InChI=1S/C18H15BCl2F3N7OS/c1-33(32)15-13(17-27-19(30-28-17)9-3-2-4-10(25)7-9)29-31(16(15)26)14-11(20)5-8(6-12(14)21)18(22,23)24/h2-7,27,30H,25-26H2,1H3. The summed E-state index contributed by atoms with van der Waals surface area (Å²) in [4.78, 5) is 3.21. The minimum absolute atomic E-state index is 0.0827. The third kappa shape index (κ3) is 4.35. The fourth-order valence-corrected chi connectivity index (χ4v) is 4.74. The van der Waals surface area contributed by atoms with Crippen LogP contribution in [0.3, 0.4) is 0 Å². The predicted octanol–water partition coefficient (Wildman–Crippen LogP) is 3.32. The molecule has 0 bridgehead atoms. The van der Waals surface area contributed by atoms with Crippen molar-refractivity contribution < 1.29 is 22.3 Å². The normalized spacial score (nSPS) is 12.8. The molecule has 2 aromatic carbocycles. The first kappa shape index (κ1) is 23.3. The number of halogens is 5. The van der Waals surface area contributed by atoms with Gasteiger partial charge in [0.05, 0.1) is 26.4 Å². The maximum atomic E-state index is 13.1. The Hall–Kier alpha value is -2.90. The topological polar surface area (TPSA) is 130 Å². The van der Waals surface area contributed by atoms with Crippen LogP contribution in [0.25, 0.3) is 22.7 Å². The van der Waals surface area contributed by atoms with Gasteiger partial charge in [0.25, 0.3) is 12.5 Å². The second-order valence-corrected chi connectivity index (χ2v) is 9.18. The summed E-state index contributed by atoms with van der Waals surface area (Å²) >= 11 is 12.2. The lowest BCUT2D eigenvalue weighted by molar-refractivity contribution is -0.298. The van der Waals surface area contributed by atoms with Gasteiger partial charge in [0.2, 0.25) is 0 Å². The van der Waals surface area contributed by atoms with Crippen LogP contribution in [0.1, 0.15) is 5.56 Å². The van der Waals surface area contributed by atoms with Crippen LogP contribution in [0, 0.1) is 0 Å². The van der Waals surface area contributed by atoms with Crippen LogP contribution in [0.4, 0.5) is 24.7 Å². The van der Waals surface area contributed by atoms with E-state index in [0.29, 0.717) is 5.69 Å². The second-order valence-electron chi connectivity index (χ2n) is 7.05. The van der Waals surface area contributed by atoms with E-state index in [9.17, 15) is 17.4 Å². The number of H-pyrrole nitrogens is 2. The first-order valence-electron chi connectivity index (χ1n) is 9.21. The fraction of sp³-hybridized carbons (Fsp3) is 0.111. The van der Waals surface area contributed by atoms with Gasteiger partial charge in [0.1, 0.15) is 16.4 Å². The lowest BCUT2D eigenvalue weighted by Crippen LogP contribution is -2.21. The molecule has 0 aliphatic heterocycles. The SMILES string of the molecule is CS(=O)c1c(-c2n[nH][b-](-c3cccc(N)c3)[nH+]2)nn(-c2c(Cl)cc(C(F)(F)F)cc2Cl)c1N. The van der Waals surface area contributed by atoms with Crippen molar-refractivity contribution in [2.45, 2.75) is 11.1 Å². The van der Waals surface area contributed by atoms with Gasteiger partial charge in [-0.1, -0.05) is 41.4 Å². The van der Waals surface area contributed by atoms with Gasteiger partial charge in [0, 0.05) is 11.9 Å². The Morgan fingerprint density at radius 2 is 1.85 bits per heavy atom. The highest BCUT2D eigenvalue weighted by Crippen LogP contribution is 2.39. The summed E-state index contributed by atoms with van der Waals surface area (Å²) in [5.41, 5.74) is 12.4. The highest BCUT2D eigenvalue weighted by molar-refractivity contribution is 7.84. The molecule has 172 valence electrons. The lowest BCUT2D eigenvalue weighted by atomic mass is 9.79. The zero-order chi connectivity index (χ0) is 24.1. The van der Waals surface area contributed by atoms with E-state index < -0.39 is 29.2 Å². The van der Waals surface area contributed by atoms with Crippen LogP contribution < -0.4 is 16.4 Å². The molecule has 15 heteroatoms. The van der Waals surface area contributed by atoms with E-state index in [4.69, 9.17) is 34.7 Å². The van der Waals surface area contributed by atoms with Crippen molar-refractivity contribution in [1.29, 1.82) is 0 Å². The quantitative estimate of drug-likeness (QED) is 0.359. The number of nitrogens with two attached hydrogens (primary N) is 2. The number of aromatic amines is 2. The summed E-state index contributed by atoms with van der Waals surface area (Å²) < 4.78 is 52.8. The zero-order valence-electron chi connectivity index (χ0n) is 16.7. The second kappa shape index (κ2) is 8.47. The average molecular weight is 516 g/mol. The number of anilines is 2. The summed E-state index contributed by atoms with van der Waals surface area (Å²) in [7, 11) is -1.64. The number of nitrogens with zero attached hydrogens (tertiary/aromatic N) is 3. The van der Waals surface area contributed by atoms with E-state index in [2.05, 4.69) is 20.1 Å². The molecule has 2 heterocycles. The van der Waals surface area contributed by atoms with Gasteiger partial charge in [-0.3, -0.25) is 4.21 Å². The van der Waals surface area contributed by atoms with Crippen molar-refractivity contribution in [2.24, 2.45) is 0 Å². The number of aromatic nitrogens is 5. The van der Waals surface area contributed by atoms with Crippen LogP contribution in [0.2, 0.25) is 10.0 Å². The molecule has 4 rings (SSSR count). The highest BCUT2D eigenvalue weighted by Gasteiger charge is 2.33. The van der Waals surface area contributed by atoms with E-state index in [1.54, 1.807) is 18.2 Å². The molecule has 0 saturated carbocycles. The molecule has 33 heavy (non-hydrogen) atoms. The van der Waals surface area contributed by atoms with Gasteiger partial charge in [-0.2, -0.15) is 18.3 Å². The van der Waals surface area contributed by atoms with E-state index in [-0.39, 0.29) is 38.0 Å². The molecule has 1 unspecified atom stereocenters. The number of alkyl halides is 3. The van der Waals surface area contributed by atoms with Crippen molar-refractivity contribution >= 4 is 52.1 Å². The van der Waals surface area contributed by atoms with Crippen molar-refractivity contribution in [3.05, 3.63) is 52.0 Å². The highest BCUT2D eigenvalue weighted by atomic mass is 35.5. The van der Waals surface area contributed by atoms with Crippen LogP contribution >= 0.6 is 23.2 Å². The van der Waals surface area contributed by atoms with Crippen molar-refractivity contribution in [3.63, 3.8) is 0 Å². The molecule has 0 aliphatic carbocycles. The minimum atomic E-state index is -4.65. The first-order chi connectivity index (χ1) is 15.5. The third-order valence-electron chi connectivity index (χ3n) is 4.77. The number of hydrogen-bond donors (Lipinski definition) is 3. The summed E-state index contributed by atoms with van der Waals surface area (Å²) in [6.45, 7) is -0.453. The Kier molecular flexibility index (Phi) is 5.97. The van der Waals surface area contributed by atoms with E-state index in [1.807, 2.05) is 6.07 Å². The molecule has 1 atom stereocenters. The van der Waals surface area contributed by atoms with Crippen LogP contribution in [-0.4, -0.2) is 37.0 Å².